The number of fused-ring (bicyclic) bond motifs is 2. The second-order valence-corrected chi connectivity index (χ2v) is 8.97. The van der Waals surface area contributed by atoms with Crippen molar-refractivity contribution in [1.82, 2.24) is 19.8 Å². The van der Waals surface area contributed by atoms with Crippen LogP contribution in [0.5, 0.6) is 0 Å². The van der Waals surface area contributed by atoms with Crippen LogP contribution in [0.15, 0.2) is 66.7 Å². The minimum absolute atomic E-state index is 0.0166. The molecule has 0 saturated heterocycles. The molecule has 5 rings (SSSR count). The number of benzene rings is 3. The van der Waals surface area contributed by atoms with E-state index in [0.29, 0.717) is 49.3 Å². The van der Waals surface area contributed by atoms with Crippen LogP contribution in [0.25, 0.3) is 22.0 Å². The Morgan fingerprint density at radius 1 is 0.921 bits per heavy atom. The van der Waals surface area contributed by atoms with Gasteiger partial charge in [0.2, 0.25) is 5.95 Å². The van der Waals surface area contributed by atoms with Crippen molar-refractivity contribution in [3.05, 3.63) is 89.1 Å². The van der Waals surface area contributed by atoms with Gasteiger partial charge < -0.3 is 20.8 Å². The molecule has 3 aromatic carbocycles. The van der Waals surface area contributed by atoms with Gasteiger partial charge in [-0.05, 0) is 39.9 Å². The third-order valence-electron chi connectivity index (χ3n) is 6.60. The summed E-state index contributed by atoms with van der Waals surface area (Å²) in [6.07, 6.45) is 0. The maximum Gasteiger partial charge on any atom is 0.273 e. The molecule has 0 radical (unpaired) electrons. The highest BCUT2D eigenvalue weighted by atomic mass is 16.3. The van der Waals surface area contributed by atoms with E-state index >= 15 is 0 Å². The molecule has 0 bridgehead atoms. The summed E-state index contributed by atoms with van der Waals surface area (Å²) in [5.41, 5.74) is 12.2. The number of amides is 1. The number of nitrogens with zero attached hydrogens (tertiary/aromatic N) is 4. The fourth-order valence-corrected chi connectivity index (χ4v) is 4.84. The maximum absolute atomic E-state index is 13.6. The summed E-state index contributed by atoms with van der Waals surface area (Å²) in [5.74, 6) is -0.104. The number of anilines is 1. The van der Waals surface area contributed by atoms with Gasteiger partial charge >= 0.3 is 0 Å². The molecule has 0 aliphatic carbocycles. The van der Waals surface area contributed by atoms with E-state index in [1.54, 1.807) is 4.90 Å². The first-order valence-corrected chi connectivity index (χ1v) is 13.0. The fourth-order valence-electron chi connectivity index (χ4n) is 4.84. The van der Waals surface area contributed by atoms with Crippen molar-refractivity contribution in [3.8, 4) is 11.1 Å². The second kappa shape index (κ2) is 12.6. The molecule has 8 nitrogen and oxygen atoms in total. The number of hydrogen-bond acceptors (Lipinski definition) is 7. The second-order valence-electron chi connectivity index (χ2n) is 8.97. The Bertz CT molecular complexity index is 1380. The largest absolute Gasteiger partial charge is 0.395 e. The molecule has 8 heteroatoms. The van der Waals surface area contributed by atoms with Gasteiger partial charge in [0.1, 0.15) is 5.69 Å². The zero-order chi connectivity index (χ0) is 27.1. The molecule has 0 unspecified atom stereocenters. The van der Waals surface area contributed by atoms with E-state index in [4.69, 9.17) is 5.73 Å². The summed E-state index contributed by atoms with van der Waals surface area (Å²) in [4.78, 5) is 26.1. The van der Waals surface area contributed by atoms with Crippen molar-refractivity contribution in [1.29, 1.82) is 0 Å². The summed E-state index contributed by atoms with van der Waals surface area (Å²) in [6.45, 7) is 6.62. The molecule has 38 heavy (non-hydrogen) atoms. The predicted octanol–water partition coefficient (Wildman–Crippen LogP) is 3.85. The molecular weight excluding hydrogens is 478 g/mol. The van der Waals surface area contributed by atoms with E-state index in [1.807, 2.05) is 85.5 Å². The molecule has 0 fully saturated rings. The summed E-state index contributed by atoms with van der Waals surface area (Å²) in [5, 5.41) is 19.5. The number of rotatable bonds is 8. The zero-order valence-corrected chi connectivity index (χ0v) is 22.0. The Labute approximate surface area is 223 Å². The van der Waals surface area contributed by atoms with Crippen molar-refractivity contribution in [2.24, 2.45) is 0 Å². The summed E-state index contributed by atoms with van der Waals surface area (Å²) >= 11 is 0. The number of aliphatic hydroxyl groups excluding tert-OH is 2. The van der Waals surface area contributed by atoms with Crippen molar-refractivity contribution in [2.45, 2.75) is 33.5 Å². The van der Waals surface area contributed by atoms with Gasteiger partial charge in [-0.15, -0.1) is 0 Å². The molecule has 4 N–H and O–H groups in total. The van der Waals surface area contributed by atoms with E-state index in [9.17, 15) is 15.0 Å². The lowest BCUT2D eigenvalue weighted by atomic mass is 9.97. The van der Waals surface area contributed by atoms with Crippen LogP contribution >= 0.6 is 0 Å². The van der Waals surface area contributed by atoms with E-state index in [1.165, 1.54) is 0 Å². The van der Waals surface area contributed by atoms with Crippen LogP contribution in [0.4, 0.5) is 5.95 Å². The highest BCUT2D eigenvalue weighted by Crippen LogP contribution is 2.31. The first kappa shape index (κ1) is 27.2. The van der Waals surface area contributed by atoms with Crippen LogP contribution in [0.2, 0.25) is 0 Å². The Morgan fingerprint density at radius 2 is 1.55 bits per heavy atom. The maximum atomic E-state index is 13.6. The quantitative estimate of drug-likeness (QED) is 0.328. The SMILES string of the molecule is CC.Nc1nc(C(=O)N2Cc3ccccc3C2)c2cc(-c3ccccc3CN(CCO)CCO)ccc2n1. The summed E-state index contributed by atoms with van der Waals surface area (Å²) in [7, 11) is 0. The zero-order valence-electron chi connectivity index (χ0n) is 22.0. The predicted molar refractivity (Wildman–Crippen MR) is 150 cm³/mol. The van der Waals surface area contributed by atoms with Gasteiger partial charge in [0.05, 0.1) is 18.7 Å². The molecule has 1 aliphatic rings. The molecule has 0 saturated carbocycles. The Kier molecular flexibility index (Phi) is 9.02. The third kappa shape index (κ3) is 5.83. The first-order valence-electron chi connectivity index (χ1n) is 13.0. The van der Waals surface area contributed by atoms with Crippen LogP contribution in [0.1, 0.15) is 41.0 Å². The number of carbonyl (C=O) groups excluding carboxylic acids is 1. The number of hydrogen-bond donors (Lipinski definition) is 3. The lowest BCUT2D eigenvalue weighted by molar-refractivity contribution is 0.0747. The van der Waals surface area contributed by atoms with E-state index in [-0.39, 0.29) is 25.1 Å². The monoisotopic (exact) mass is 513 g/mol. The third-order valence-corrected chi connectivity index (χ3v) is 6.60. The highest BCUT2D eigenvalue weighted by molar-refractivity contribution is 6.06. The number of aromatic nitrogens is 2. The van der Waals surface area contributed by atoms with E-state index in [0.717, 1.165) is 27.8 Å². The van der Waals surface area contributed by atoms with Crippen LogP contribution in [0.3, 0.4) is 0 Å². The lowest BCUT2D eigenvalue weighted by Gasteiger charge is -2.22. The van der Waals surface area contributed by atoms with Crippen LogP contribution in [0, 0.1) is 0 Å². The number of carbonyl (C=O) groups is 1. The molecule has 0 atom stereocenters. The van der Waals surface area contributed by atoms with Gasteiger partial charge in [0.15, 0.2) is 0 Å². The molecule has 1 aromatic heterocycles. The molecular formula is C30H35N5O3. The fraction of sp³-hybridized carbons (Fsp3) is 0.300. The van der Waals surface area contributed by atoms with Crippen molar-refractivity contribution in [3.63, 3.8) is 0 Å². The molecule has 4 aromatic rings. The van der Waals surface area contributed by atoms with Gasteiger partial charge in [-0.2, -0.15) is 0 Å². The number of aliphatic hydroxyl groups is 2. The van der Waals surface area contributed by atoms with E-state index in [2.05, 4.69) is 9.97 Å². The van der Waals surface area contributed by atoms with Gasteiger partial charge in [-0.25, -0.2) is 9.97 Å². The highest BCUT2D eigenvalue weighted by Gasteiger charge is 2.27. The Hall–Kier alpha value is -3.85. The minimum atomic E-state index is -0.173. The van der Waals surface area contributed by atoms with Crippen molar-refractivity contribution in [2.75, 3.05) is 32.0 Å². The molecule has 1 amide bonds. The summed E-state index contributed by atoms with van der Waals surface area (Å²) in [6, 6.07) is 21.8. The normalized spacial score (nSPS) is 12.4. The molecule has 0 spiro atoms. The minimum Gasteiger partial charge on any atom is -0.395 e. The van der Waals surface area contributed by atoms with Gasteiger partial charge in [0.25, 0.3) is 5.91 Å². The standard InChI is InChI=1S/C28H29N5O3.C2H6/c29-28-30-25-10-9-19(23-8-4-3-7-22(23)16-32(11-13-34)12-14-35)15-24(25)26(31-28)27(36)33-17-20-5-1-2-6-21(20)18-33;1-2/h1-10,15,34-35H,11-14,16-18H2,(H2,29,30,31);1-2H3. The molecule has 1 aliphatic heterocycles. The average Bonchev–Trinajstić information content (AvgIpc) is 3.38. The number of nitrogen functional groups attached to an aromatic ring is 1. The van der Waals surface area contributed by atoms with Crippen LogP contribution in [-0.2, 0) is 19.6 Å². The van der Waals surface area contributed by atoms with Crippen LogP contribution in [-0.4, -0.2) is 62.2 Å². The summed E-state index contributed by atoms with van der Waals surface area (Å²) < 4.78 is 0. The van der Waals surface area contributed by atoms with Crippen molar-refractivity contribution >= 4 is 22.8 Å². The number of nitrogens with two attached hydrogens (primary N) is 1. The van der Waals surface area contributed by atoms with Crippen molar-refractivity contribution < 1.29 is 15.0 Å². The average molecular weight is 514 g/mol. The molecule has 2 heterocycles. The lowest BCUT2D eigenvalue weighted by Crippen LogP contribution is -2.29. The van der Waals surface area contributed by atoms with Gasteiger partial charge in [-0.3, -0.25) is 9.69 Å². The van der Waals surface area contributed by atoms with Crippen LogP contribution < -0.4 is 5.73 Å². The van der Waals surface area contributed by atoms with Gasteiger partial charge in [0, 0.05) is 38.1 Å². The van der Waals surface area contributed by atoms with E-state index < -0.39 is 0 Å². The smallest absolute Gasteiger partial charge is 0.273 e. The Balaban J connectivity index is 0.00000164. The first-order chi connectivity index (χ1) is 18.6. The van der Waals surface area contributed by atoms with Gasteiger partial charge in [-0.1, -0.05) is 68.4 Å². The topological polar surface area (TPSA) is 116 Å². The Morgan fingerprint density at radius 3 is 2.21 bits per heavy atom. The molecule has 198 valence electrons.